The monoisotopic (exact) mass is 274 g/mol. The van der Waals surface area contributed by atoms with E-state index in [0.29, 0.717) is 12.3 Å². The zero-order chi connectivity index (χ0) is 12.6. The number of nitrogens with two attached hydrogens (primary N) is 1. The molecule has 4 nitrogen and oxygen atoms in total. The maximum Gasteiger partial charge on any atom is 0.417 e. The van der Waals surface area contributed by atoms with Crippen molar-refractivity contribution in [3.05, 3.63) is 28.5 Å². The first-order valence-electron chi connectivity index (χ1n) is 3.82. The van der Waals surface area contributed by atoms with Crippen LogP contribution >= 0.6 is 11.6 Å². The quantitative estimate of drug-likeness (QED) is 0.832. The lowest BCUT2D eigenvalue weighted by atomic mass is 10.2. The molecule has 1 heterocycles. The molecule has 0 aliphatic rings. The molecule has 2 N–H and O–H groups in total. The SMILES string of the molecule is NS(=O)(=O)Cc1cc(C(F)(F)F)cnc1Cl. The first-order valence-corrected chi connectivity index (χ1v) is 5.91. The summed E-state index contributed by atoms with van der Waals surface area (Å²) in [6.07, 6.45) is -4.08. The Labute approximate surface area is 94.3 Å². The number of alkyl halides is 3. The second-order valence-corrected chi connectivity index (χ2v) is 4.95. The van der Waals surface area contributed by atoms with Crippen molar-refractivity contribution in [2.75, 3.05) is 0 Å². The molecule has 0 fully saturated rings. The summed E-state index contributed by atoms with van der Waals surface area (Å²) in [5.74, 6) is -0.789. The van der Waals surface area contributed by atoms with E-state index < -0.39 is 27.5 Å². The van der Waals surface area contributed by atoms with E-state index in [4.69, 9.17) is 16.7 Å². The number of primary sulfonamides is 1. The third-order valence-electron chi connectivity index (χ3n) is 1.60. The van der Waals surface area contributed by atoms with Gasteiger partial charge in [-0.1, -0.05) is 11.6 Å². The molecular weight excluding hydrogens is 269 g/mol. The van der Waals surface area contributed by atoms with Gasteiger partial charge in [0.15, 0.2) is 0 Å². The molecule has 0 radical (unpaired) electrons. The summed E-state index contributed by atoms with van der Waals surface area (Å²) >= 11 is 5.45. The van der Waals surface area contributed by atoms with Gasteiger partial charge in [0.1, 0.15) is 5.15 Å². The van der Waals surface area contributed by atoms with Crippen molar-refractivity contribution in [1.29, 1.82) is 0 Å². The Hall–Kier alpha value is -0.860. The second-order valence-electron chi connectivity index (χ2n) is 2.98. The molecule has 1 aromatic heterocycles. The lowest BCUT2D eigenvalue weighted by molar-refractivity contribution is -0.137. The van der Waals surface area contributed by atoms with Crippen LogP contribution in [0.15, 0.2) is 12.3 Å². The Morgan fingerprint density at radius 2 is 2.00 bits per heavy atom. The summed E-state index contributed by atoms with van der Waals surface area (Å²) in [5.41, 5.74) is -1.35. The standard InChI is InChI=1S/C7H6ClF3N2O2S/c8-6-4(3-16(12,14)15)1-5(2-13-6)7(9,10)11/h1-2H,3H2,(H2,12,14,15). The van der Waals surface area contributed by atoms with Crippen molar-refractivity contribution < 1.29 is 21.6 Å². The van der Waals surface area contributed by atoms with Crippen molar-refractivity contribution >= 4 is 21.6 Å². The smallest absolute Gasteiger partial charge is 0.244 e. The Morgan fingerprint density at radius 3 is 2.44 bits per heavy atom. The van der Waals surface area contributed by atoms with Gasteiger partial charge >= 0.3 is 6.18 Å². The average molecular weight is 275 g/mol. The van der Waals surface area contributed by atoms with Gasteiger partial charge in [-0.2, -0.15) is 13.2 Å². The summed E-state index contributed by atoms with van der Waals surface area (Å²) in [6, 6.07) is 0.611. The lowest BCUT2D eigenvalue weighted by Crippen LogP contribution is -2.16. The zero-order valence-electron chi connectivity index (χ0n) is 7.62. The molecule has 90 valence electrons. The fraction of sp³-hybridized carbons (Fsp3) is 0.286. The minimum Gasteiger partial charge on any atom is -0.244 e. The Balaban J connectivity index is 3.20. The number of rotatable bonds is 2. The van der Waals surface area contributed by atoms with Crippen molar-refractivity contribution in [1.82, 2.24) is 4.98 Å². The normalized spacial score (nSPS) is 12.8. The number of nitrogens with zero attached hydrogens (tertiary/aromatic N) is 1. The predicted molar refractivity (Wildman–Crippen MR) is 51.1 cm³/mol. The van der Waals surface area contributed by atoms with Crippen molar-refractivity contribution in [3.63, 3.8) is 0 Å². The van der Waals surface area contributed by atoms with Crippen LogP contribution in [0.25, 0.3) is 0 Å². The van der Waals surface area contributed by atoms with E-state index in [0.717, 1.165) is 0 Å². The highest BCUT2D eigenvalue weighted by Crippen LogP contribution is 2.30. The molecule has 16 heavy (non-hydrogen) atoms. The molecule has 0 aromatic carbocycles. The Morgan fingerprint density at radius 1 is 1.44 bits per heavy atom. The first kappa shape index (κ1) is 13.2. The van der Waals surface area contributed by atoms with E-state index in [-0.39, 0.29) is 10.7 Å². The topological polar surface area (TPSA) is 73.1 Å². The van der Waals surface area contributed by atoms with E-state index in [2.05, 4.69) is 4.98 Å². The van der Waals surface area contributed by atoms with Crippen LogP contribution in [0.1, 0.15) is 11.1 Å². The van der Waals surface area contributed by atoms with Gasteiger partial charge in [0, 0.05) is 11.8 Å². The highest BCUT2D eigenvalue weighted by Gasteiger charge is 2.31. The van der Waals surface area contributed by atoms with E-state index >= 15 is 0 Å². The van der Waals surface area contributed by atoms with Crippen LogP contribution in [-0.2, 0) is 22.0 Å². The number of halogens is 4. The van der Waals surface area contributed by atoms with Gasteiger partial charge in [-0.3, -0.25) is 0 Å². The highest BCUT2D eigenvalue weighted by atomic mass is 35.5. The van der Waals surface area contributed by atoms with Gasteiger partial charge in [0.05, 0.1) is 11.3 Å². The molecule has 0 bridgehead atoms. The summed E-state index contributed by atoms with van der Waals surface area (Å²) in [4.78, 5) is 3.26. The number of pyridine rings is 1. The van der Waals surface area contributed by atoms with Gasteiger partial charge in [-0.05, 0) is 6.07 Å². The molecule has 9 heteroatoms. The molecule has 0 saturated heterocycles. The molecule has 1 aromatic rings. The van der Waals surface area contributed by atoms with Gasteiger partial charge in [-0.25, -0.2) is 18.5 Å². The van der Waals surface area contributed by atoms with E-state index in [1.165, 1.54) is 0 Å². The van der Waals surface area contributed by atoms with E-state index in [1.807, 2.05) is 0 Å². The summed E-state index contributed by atoms with van der Waals surface area (Å²) in [5, 5.41) is 4.38. The predicted octanol–water partition coefficient (Wildman–Crippen LogP) is 1.54. The van der Waals surface area contributed by atoms with Crippen LogP contribution in [-0.4, -0.2) is 13.4 Å². The maximum atomic E-state index is 12.3. The van der Waals surface area contributed by atoms with Crippen LogP contribution < -0.4 is 5.14 Å². The third kappa shape index (κ3) is 3.62. The molecular formula is C7H6ClF3N2O2S. The molecule has 0 atom stereocenters. The molecule has 0 aliphatic carbocycles. The van der Waals surface area contributed by atoms with Crippen LogP contribution in [0.3, 0.4) is 0 Å². The first-order chi connectivity index (χ1) is 7.09. The molecule has 0 aliphatic heterocycles. The number of sulfonamides is 1. The van der Waals surface area contributed by atoms with Crippen molar-refractivity contribution in [2.24, 2.45) is 5.14 Å². The van der Waals surface area contributed by atoms with Crippen LogP contribution in [0.2, 0.25) is 5.15 Å². The van der Waals surface area contributed by atoms with E-state index in [9.17, 15) is 21.6 Å². The number of hydrogen-bond acceptors (Lipinski definition) is 3. The van der Waals surface area contributed by atoms with Gasteiger partial charge < -0.3 is 0 Å². The fourth-order valence-corrected chi connectivity index (χ4v) is 1.87. The lowest BCUT2D eigenvalue weighted by Gasteiger charge is -2.08. The fourth-order valence-electron chi connectivity index (χ4n) is 0.967. The summed E-state index contributed by atoms with van der Waals surface area (Å²) < 4.78 is 58.3. The average Bonchev–Trinajstić information content (AvgIpc) is 2.04. The van der Waals surface area contributed by atoms with Crippen LogP contribution in [0, 0.1) is 0 Å². The molecule has 0 unspecified atom stereocenters. The minimum atomic E-state index is -4.61. The molecule has 0 spiro atoms. The van der Waals surface area contributed by atoms with Crippen molar-refractivity contribution in [3.8, 4) is 0 Å². The Kier molecular flexibility index (Phi) is 3.46. The largest absolute Gasteiger partial charge is 0.417 e. The molecule has 0 amide bonds. The third-order valence-corrected chi connectivity index (χ3v) is 2.65. The van der Waals surface area contributed by atoms with Crippen LogP contribution in [0.4, 0.5) is 13.2 Å². The minimum absolute atomic E-state index is 0.279. The second kappa shape index (κ2) is 4.19. The summed E-state index contributed by atoms with van der Waals surface area (Å²) in [7, 11) is -3.95. The van der Waals surface area contributed by atoms with Gasteiger partial charge in [-0.15, -0.1) is 0 Å². The van der Waals surface area contributed by atoms with Gasteiger partial charge in [0.25, 0.3) is 0 Å². The van der Waals surface area contributed by atoms with E-state index in [1.54, 1.807) is 0 Å². The zero-order valence-corrected chi connectivity index (χ0v) is 9.20. The van der Waals surface area contributed by atoms with Crippen LogP contribution in [0.5, 0.6) is 0 Å². The van der Waals surface area contributed by atoms with Gasteiger partial charge in [0.2, 0.25) is 10.0 Å². The highest BCUT2D eigenvalue weighted by molar-refractivity contribution is 7.88. The molecule has 1 rings (SSSR count). The number of hydrogen-bond donors (Lipinski definition) is 1. The maximum absolute atomic E-state index is 12.3. The summed E-state index contributed by atoms with van der Waals surface area (Å²) in [6.45, 7) is 0. The number of aromatic nitrogens is 1. The molecule has 0 saturated carbocycles. The Bertz CT molecular complexity index is 501. The van der Waals surface area contributed by atoms with Crippen molar-refractivity contribution in [2.45, 2.75) is 11.9 Å².